The molecule has 0 spiro atoms. The van der Waals surface area contributed by atoms with Gasteiger partial charge in [-0.1, -0.05) is 35.5 Å². The molecular formula is C21H27N5O3S. The van der Waals surface area contributed by atoms with Crippen LogP contribution in [-0.2, 0) is 11.3 Å². The number of thioether (sulfide) groups is 1. The lowest BCUT2D eigenvalue weighted by molar-refractivity contribution is -0.116. The minimum atomic E-state index is -0.0399. The Hall–Kier alpha value is -2.91. The van der Waals surface area contributed by atoms with E-state index in [0.717, 1.165) is 22.6 Å². The topological polar surface area (TPSA) is 125 Å². The second-order valence-electron chi connectivity index (χ2n) is 6.55. The van der Waals surface area contributed by atoms with Crippen LogP contribution in [0.2, 0.25) is 0 Å². The van der Waals surface area contributed by atoms with E-state index in [4.69, 9.17) is 5.73 Å². The summed E-state index contributed by atoms with van der Waals surface area (Å²) in [5, 5.41) is 22.2. The van der Waals surface area contributed by atoms with Crippen LogP contribution in [0.25, 0.3) is 0 Å². The maximum absolute atomic E-state index is 11.7. The number of nitrogens with zero attached hydrogens (tertiary/aromatic N) is 4. The van der Waals surface area contributed by atoms with Crippen LogP contribution in [-0.4, -0.2) is 49.7 Å². The standard InChI is InChI=1S/C21H27N5O3S/c1-15(26(14-28)13-18-12-23-16(2)24-21(18)22)20(8-10-27)30-11-9-19(25-29)17-6-4-3-5-7-17/h3-7,12,14,27,29H,8-11,13H2,1-2H3,(H2,22,23,24)/b20-15+,25-19-. The predicted octanol–water partition coefficient (Wildman–Crippen LogP) is 2.94. The highest BCUT2D eigenvalue weighted by molar-refractivity contribution is 8.03. The summed E-state index contributed by atoms with van der Waals surface area (Å²) in [5.41, 5.74) is 8.77. The van der Waals surface area contributed by atoms with Crippen molar-refractivity contribution in [3.63, 3.8) is 0 Å². The maximum Gasteiger partial charge on any atom is 0.214 e. The second kappa shape index (κ2) is 11.9. The van der Waals surface area contributed by atoms with Crippen LogP contribution in [0.4, 0.5) is 5.82 Å². The number of hydrogen-bond acceptors (Lipinski definition) is 8. The first-order valence-electron chi connectivity index (χ1n) is 9.49. The number of aryl methyl sites for hydroxylation is 1. The monoisotopic (exact) mass is 429 g/mol. The number of aliphatic hydroxyl groups excluding tert-OH is 1. The summed E-state index contributed by atoms with van der Waals surface area (Å²) in [6.45, 7) is 3.78. The van der Waals surface area contributed by atoms with Crippen molar-refractivity contribution in [1.82, 2.24) is 14.9 Å². The quantitative estimate of drug-likeness (QED) is 0.217. The molecule has 0 fully saturated rings. The molecule has 0 bridgehead atoms. The molecule has 4 N–H and O–H groups in total. The van der Waals surface area contributed by atoms with Gasteiger partial charge in [0.15, 0.2) is 0 Å². The lowest BCUT2D eigenvalue weighted by Crippen LogP contribution is -2.22. The van der Waals surface area contributed by atoms with Crippen LogP contribution in [0.5, 0.6) is 0 Å². The number of oxime groups is 1. The SMILES string of the molecule is C/C(=C(/CCO)SCC/C(=N/O)c1ccccc1)N(C=O)Cc1cnc(C)nc1N. The van der Waals surface area contributed by atoms with Gasteiger partial charge in [0.25, 0.3) is 0 Å². The van der Waals surface area contributed by atoms with E-state index in [1.54, 1.807) is 13.1 Å². The van der Waals surface area contributed by atoms with Crippen molar-refractivity contribution in [2.45, 2.75) is 33.2 Å². The molecule has 1 aromatic heterocycles. The number of aromatic nitrogens is 2. The fourth-order valence-electron chi connectivity index (χ4n) is 2.83. The van der Waals surface area contributed by atoms with Gasteiger partial charge in [-0.25, -0.2) is 9.97 Å². The van der Waals surface area contributed by atoms with Gasteiger partial charge >= 0.3 is 0 Å². The molecule has 8 nitrogen and oxygen atoms in total. The molecule has 0 radical (unpaired) electrons. The summed E-state index contributed by atoms with van der Waals surface area (Å²) in [4.78, 5) is 22.4. The number of hydrogen-bond donors (Lipinski definition) is 3. The first kappa shape index (κ1) is 23.4. The molecule has 160 valence electrons. The molecule has 2 rings (SSSR count). The van der Waals surface area contributed by atoms with Gasteiger partial charge in [0, 0.05) is 47.6 Å². The van der Waals surface area contributed by atoms with Crippen molar-refractivity contribution in [3.05, 3.63) is 64.1 Å². The number of carbonyl (C=O) groups excluding carboxylic acids is 1. The van der Waals surface area contributed by atoms with E-state index in [1.165, 1.54) is 16.7 Å². The Balaban J connectivity index is 2.11. The molecule has 0 unspecified atom stereocenters. The van der Waals surface area contributed by atoms with Crippen LogP contribution < -0.4 is 5.73 Å². The summed E-state index contributed by atoms with van der Waals surface area (Å²) in [6.07, 6.45) is 3.30. The van der Waals surface area contributed by atoms with E-state index in [9.17, 15) is 15.1 Å². The zero-order valence-corrected chi connectivity index (χ0v) is 18.0. The largest absolute Gasteiger partial charge is 0.411 e. The Bertz CT molecular complexity index is 903. The minimum Gasteiger partial charge on any atom is -0.411 e. The summed E-state index contributed by atoms with van der Waals surface area (Å²) < 4.78 is 0. The number of nitrogens with two attached hydrogens (primary N) is 1. The third kappa shape index (κ3) is 6.57. The van der Waals surface area contributed by atoms with Crippen LogP contribution >= 0.6 is 11.8 Å². The second-order valence-corrected chi connectivity index (χ2v) is 7.74. The number of allylic oxidation sites excluding steroid dienone is 1. The first-order valence-corrected chi connectivity index (χ1v) is 10.5. The number of anilines is 1. The molecule has 0 saturated heterocycles. The fourth-order valence-corrected chi connectivity index (χ4v) is 3.93. The molecule has 0 saturated carbocycles. The van der Waals surface area contributed by atoms with Gasteiger partial charge in [0.2, 0.25) is 6.41 Å². The van der Waals surface area contributed by atoms with Crippen molar-refractivity contribution in [2.75, 3.05) is 18.1 Å². The maximum atomic E-state index is 11.7. The van der Waals surface area contributed by atoms with Crippen molar-refractivity contribution in [3.8, 4) is 0 Å². The average molecular weight is 430 g/mol. The van der Waals surface area contributed by atoms with E-state index in [1.807, 2.05) is 37.3 Å². The predicted molar refractivity (Wildman–Crippen MR) is 119 cm³/mol. The van der Waals surface area contributed by atoms with E-state index >= 15 is 0 Å². The summed E-state index contributed by atoms with van der Waals surface area (Å²) in [7, 11) is 0. The van der Waals surface area contributed by atoms with Crippen molar-refractivity contribution in [1.29, 1.82) is 0 Å². The zero-order chi connectivity index (χ0) is 21.9. The molecule has 2 aromatic rings. The van der Waals surface area contributed by atoms with E-state index in [0.29, 0.717) is 41.5 Å². The first-order chi connectivity index (χ1) is 14.5. The molecular weight excluding hydrogens is 402 g/mol. The third-order valence-electron chi connectivity index (χ3n) is 4.50. The summed E-state index contributed by atoms with van der Waals surface area (Å²) in [5.74, 6) is 1.53. The number of benzene rings is 1. The molecule has 0 aliphatic heterocycles. The highest BCUT2D eigenvalue weighted by Crippen LogP contribution is 2.27. The third-order valence-corrected chi connectivity index (χ3v) is 5.76. The number of rotatable bonds is 11. The summed E-state index contributed by atoms with van der Waals surface area (Å²) >= 11 is 1.52. The Labute approximate surface area is 180 Å². The van der Waals surface area contributed by atoms with Crippen LogP contribution in [0, 0.1) is 6.92 Å². The Kier molecular flexibility index (Phi) is 9.30. The number of carbonyl (C=O) groups is 1. The lowest BCUT2D eigenvalue weighted by atomic mass is 10.1. The van der Waals surface area contributed by atoms with Gasteiger partial charge in [-0.3, -0.25) is 4.79 Å². The van der Waals surface area contributed by atoms with Crippen molar-refractivity contribution in [2.24, 2.45) is 5.16 Å². The molecule has 30 heavy (non-hydrogen) atoms. The van der Waals surface area contributed by atoms with Gasteiger partial charge in [-0.15, -0.1) is 11.8 Å². The van der Waals surface area contributed by atoms with Gasteiger partial charge in [0.05, 0.1) is 12.3 Å². The number of nitrogen functional groups attached to an aromatic ring is 1. The lowest BCUT2D eigenvalue weighted by Gasteiger charge is -2.22. The normalized spacial score (nSPS) is 12.4. The molecule has 0 aliphatic carbocycles. The van der Waals surface area contributed by atoms with Gasteiger partial charge < -0.3 is 20.9 Å². The molecule has 1 amide bonds. The molecule has 1 aromatic carbocycles. The number of amides is 1. The Morgan fingerprint density at radius 3 is 2.63 bits per heavy atom. The van der Waals surface area contributed by atoms with E-state index in [2.05, 4.69) is 15.1 Å². The average Bonchev–Trinajstić information content (AvgIpc) is 2.75. The Morgan fingerprint density at radius 1 is 1.30 bits per heavy atom. The van der Waals surface area contributed by atoms with Gasteiger partial charge in [-0.2, -0.15) is 0 Å². The van der Waals surface area contributed by atoms with E-state index < -0.39 is 0 Å². The highest BCUT2D eigenvalue weighted by Gasteiger charge is 2.14. The molecule has 1 heterocycles. The van der Waals surface area contributed by atoms with Crippen molar-refractivity contribution >= 4 is 29.7 Å². The van der Waals surface area contributed by atoms with Gasteiger partial charge in [0.1, 0.15) is 11.6 Å². The molecule has 0 atom stereocenters. The zero-order valence-electron chi connectivity index (χ0n) is 17.2. The Morgan fingerprint density at radius 2 is 2.03 bits per heavy atom. The van der Waals surface area contributed by atoms with E-state index in [-0.39, 0.29) is 13.2 Å². The van der Waals surface area contributed by atoms with Crippen LogP contribution in [0.15, 0.2) is 52.3 Å². The highest BCUT2D eigenvalue weighted by atomic mass is 32.2. The minimum absolute atomic E-state index is 0.0399. The van der Waals surface area contributed by atoms with Crippen LogP contribution in [0.1, 0.15) is 36.7 Å². The molecule has 0 aliphatic rings. The van der Waals surface area contributed by atoms with Gasteiger partial charge in [-0.05, 0) is 19.4 Å². The van der Waals surface area contributed by atoms with Crippen molar-refractivity contribution < 1.29 is 15.1 Å². The fraction of sp³-hybridized carbons (Fsp3) is 0.333. The summed E-state index contributed by atoms with van der Waals surface area (Å²) in [6, 6.07) is 9.45. The van der Waals surface area contributed by atoms with Crippen LogP contribution in [0.3, 0.4) is 0 Å². The number of aliphatic hydroxyl groups is 1. The molecule has 9 heteroatoms. The smallest absolute Gasteiger partial charge is 0.214 e.